The van der Waals surface area contributed by atoms with E-state index >= 15 is 0 Å². The molecule has 0 aliphatic heterocycles. The Labute approximate surface area is 235 Å². The van der Waals surface area contributed by atoms with Crippen LogP contribution < -0.4 is 4.74 Å². The minimum Gasteiger partial charge on any atom is -0.481 e. The van der Waals surface area contributed by atoms with Gasteiger partial charge in [0.2, 0.25) is 5.88 Å². The van der Waals surface area contributed by atoms with Crippen molar-refractivity contribution in [1.82, 2.24) is 19.7 Å². The molecule has 1 aliphatic rings. The molecule has 1 amide bonds. The lowest BCUT2D eigenvalue weighted by Gasteiger charge is -2.34. The number of aliphatic carboxylic acids is 1. The number of carboxylic acid groups (broad SMARTS) is 1. The van der Waals surface area contributed by atoms with Crippen LogP contribution in [0.25, 0.3) is 0 Å². The summed E-state index contributed by atoms with van der Waals surface area (Å²) in [5.74, 6) is -1.64. The largest absolute Gasteiger partial charge is 0.481 e. The standard InChI is InChI=1S/C26H33Cl2F3N4O4/c1-24(2,3)14-34(11-8-16-18(27)13-32-21(39-5)19(16)28)22(36)17-12-33-35(20(17)26(29,30)31)15-6-9-25(4,10-7-15)23(37)38/h12-13,15H,6-11,14H2,1-5H3,(H,37,38)/t15-,25-. The van der Waals surface area contributed by atoms with E-state index in [4.69, 9.17) is 27.9 Å². The van der Waals surface area contributed by atoms with E-state index in [1.807, 2.05) is 20.8 Å². The van der Waals surface area contributed by atoms with Gasteiger partial charge in [-0.1, -0.05) is 44.0 Å². The van der Waals surface area contributed by atoms with Crippen LogP contribution in [0.3, 0.4) is 0 Å². The molecular weight excluding hydrogens is 560 g/mol. The molecule has 216 valence electrons. The summed E-state index contributed by atoms with van der Waals surface area (Å²) >= 11 is 12.6. The topological polar surface area (TPSA) is 97.5 Å². The van der Waals surface area contributed by atoms with E-state index in [0.29, 0.717) is 5.56 Å². The lowest BCUT2D eigenvalue weighted by atomic mass is 9.74. The number of amides is 1. The van der Waals surface area contributed by atoms with E-state index in [0.717, 1.165) is 10.9 Å². The van der Waals surface area contributed by atoms with Gasteiger partial charge in [-0.05, 0) is 50.0 Å². The molecular formula is C26H33Cl2F3N4O4. The first kappa shape index (κ1) is 31.0. The maximum Gasteiger partial charge on any atom is 0.433 e. The molecule has 2 heterocycles. The molecule has 2 aromatic heterocycles. The number of ether oxygens (including phenoxy) is 1. The Bertz CT molecular complexity index is 1220. The molecule has 13 heteroatoms. The fourth-order valence-corrected chi connectivity index (χ4v) is 5.48. The van der Waals surface area contributed by atoms with Crippen molar-refractivity contribution in [3.8, 4) is 5.88 Å². The number of methoxy groups -OCH3 is 1. The Morgan fingerprint density at radius 2 is 1.82 bits per heavy atom. The van der Waals surface area contributed by atoms with Gasteiger partial charge in [0.15, 0.2) is 5.69 Å². The highest BCUT2D eigenvalue weighted by Crippen LogP contribution is 2.43. The van der Waals surface area contributed by atoms with Crippen LogP contribution in [0.2, 0.25) is 10.0 Å². The van der Waals surface area contributed by atoms with Crippen LogP contribution in [0.1, 0.15) is 81.0 Å². The van der Waals surface area contributed by atoms with E-state index in [9.17, 15) is 27.9 Å². The number of carbonyl (C=O) groups excluding carboxylic acids is 1. The molecule has 1 fully saturated rings. The van der Waals surface area contributed by atoms with Crippen molar-refractivity contribution in [3.63, 3.8) is 0 Å². The van der Waals surface area contributed by atoms with Gasteiger partial charge in [-0.2, -0.15) is 18.3 Å². The normalized spacial score (nSPS) is 20.1. The number of nitrogens with zero attached hydrogens (tertiary/aromatic N) is 4. The third-order valence-corrected chi connectivity index (χ3v) is 7.74. The van der Waals surface area contributed by atoms with Crippen molar-refractivity contribution < 1.29 is 32.6 Å². The van der Waals surface area contributed by atoms with Crippen LogP contribution >= 0.6 is 23.2 Å². The van der Waals surface area contributed by atoms with Crippen molar-refractivity contribution in [2.24, 2.45) is 10.8 Å². The van der Waals surface area contributed by atoms with Crippen LogP contribution in [-0.4, -0.2) is 56.8 Å². The lowest BCUT2D eigenvalue weighted by Crippen LogP contribution is -2.40. The molecule has 1 N–H and O–H groups in total. The van der Waals surface area contributed by atoms with Crippen LogP contribution in [-0.2, 0) is 17.4 Å². The molecule has 0 spiro atoms. The minimum absolute atomic E-state index is 0.0333. The van der Waals surface area contributed by atoms with Gasteiger partial charge < -0.3 is 14.7 Å². The second kappa shape index (κ2) is 11.5. The zero-order valence-corrected chi connectivity index (χ0v) is 24.0. The predicted octanol–water partition coefficient (Wildman–Crippen LogP) is 6.55. The number of carbonyl (C=O) groups is 2. The zero-order chi connectivity index (χ0) is 29.3. The summed E-state index contributed by atoms with van der Waals surface area (Å²) in [5, 5.41) is 13.9. The molecule has 39 heavy (non-hydrogen) atoms. The first-order chi connectivity index (χ1) is 18.0. The maximum absolute atomic E-state index is 14.4. The number of alkyl halides is 3. The summed E-state index contributed by atoms with van der Waals surface area (Å²) < 4.78 is 49.2. The van der Waals surface area contributed by atoms with Crippen LogP contribution in [0.4, 0.5) is 13.2 Å². The summed E-state index contributed by atoms with van der Waals surface area (Å²) in [6.07, 6.45) is -1.55. The summed E-state index contributed by atoms with van der Waals surface area (Å²) in [7, 11) is 1.39. The van der Waals surface area contributed by atoms with Gasteiger partial charge in [-0.15, -0.1) is 0 Å². The molecule has 1 aliphatic carbocycles. The van der Waals surface area contributed by atoms with Crippen molar-refractivity contribution in [2.45, 2.75) is 72.0 Å². The summed E-state index contributed by atoms with van der Waals surface area (Å²) in [4.78, 5) is 30.6. The molecule has 0 bridgehead atoms. The van der Waals surface area contributed by atoms with Gasteiger partial charge in [0.25, 0.3) is 5.91 Å². The van der Waals surface area contributed by atoms with E-state index < -0.39 is 46.2 Å². The Morgan fingerprint density at radius 3 is 2.33 bits per heavy atom. The number of carboxylic acids is 1. The van der Waals surface area contributed by atoms with Gasteiger partial charge in [0, 0.05) is 19.3 Å². The second-order valence-corrected chi connectivity index (χ2v) is 12.2. The van der Waals surface area contributed by atoms with E-state index in [1.165, 1.54) is 18.2 Å². The zero-order valence-electron chi connectivity index (χ0n) is 22.5. The Hall–Kier alpha value is -2.53. The van der Waals surface area contributed by atoms with Crippen molar-refractivity contribution >= 4 is 35.1 Å². The molecule has 0 radical (unpaired) electrons. The molecule has 1 saturated carbocycles. The molecule has 0 atom stereocenters. The first-order valence-corrected chi connectivity index (χ1v) is 13.3. The van der Waals surface area contributed by atoms with Crippen molar-refractivity contribution in [3.05, 3.63) is 39.3 Å². The number of hydrogen-bond donors (Lipinski definition) is 1. The third-order valence-electron chi connectivity index (χ3n) is 7.03. The van der Waals surface area contributed by atoms with Crippen LogP contribution in [0, 0.1) is 10.8 Å². The fourth-order valence-electron chi connectivity index (χ4n) is 4.87. The van der Waals surface area contributed by atoms with Crippen molar-refractivity contribution in [1.29, 1.82) is 0 Å². The highest BCUT2D eigenvalue weighted by Gasteiger charge is 2.45. The SMILES string of the molecule is COc1ncc(Cl)c(CCN(CC(C)(C)C)C(=O)c2cnn([C@H]3CC[C@](C)(C(=O)O)CC3)c2C(F)(F)F)c1Cl. The molecule has 0 aromatic carbocycles. The van der Waals surface area contributed by atoms with Crippen molar-refractivity contribution in [2.75, 3.05) is 20.2 Å². The average Bonchev–Trinajstić information content (AvgIpc) is 3.28. The summed E-state index contributed by atoms with van der Waals surface area (Å²) in [6, 6.07) is -0.673. The molecule has 2 aromatic rings. The molecule has 0 saturated heterocycles. The van der Waals surface area contributed by atoms with Crippen LogP contribution in [0.5, 0.6) is 5.88 Å². The van der Waals surface area contributed by atoms with Gasteiger partial charge in [-0.25, -0.2) is 4.98 Å². The summed E-state index contributed by atoms with van der Waals surface area (Å²) in [6.45, 7) is 7.40. The van der Waals surface area contributed by atoms with E-state index in [-0.39, 0.29) is 61.1 Å². The Morgan fingerprint density at radius 1 is 1.21 bits per heavy atom. The second-order valence-electron chi connectivity index (χ2n) is 11.4. The van der Waals surface area contributed by atoms with E-state index in [1.54, 1.807) is 6.92 Å². The predicted molar refractivity (Wildman–Crippen MR) is 140 cm³/mol. The Balaban J connectivity index is 1.95. The van der Waals surface area contributed by atoms with Gasteiger partial charge in [0.1, 0.15) is 5.02 Å². The Kier molecular flexibility index (Phi) is 9.16. The number of hydrogen-bond acceptors (Lipinski definition) is 5. The quantitative estimate of drug-likeness (QED) is 0.373. The first-order valence-electron chi connectivity index (χ1n) is 12.5. The minimum atomic E-state index is -4.85. The molecule has 3 rings (SSSR count). The smallest absolute Gasteiger partial charge is 0.433 e. The number of aromatic nitrogens is 3. The van der Waals surface area contributed by atoms with E-state index in [2.05, 4.69) is 10.1 Å². The highest BCUT2D eigenvalue weighted by atomic mass is 35.5. The number of pyridine rings is 1. The number of rotatable bonds is 8. The average molecular weight is 593 g/mol. The lowest BCUT2D eigenvalue weighted by molar-refractivity contribution is -0.152. The maximum atomic E-state index is 14.4. The third kappa shape index (κ3) is 6.98. The van der Waals surface area contributed by atoms with Gasteiger partial charge in [-0.3, -0.25) is 14.3 Å². The number of halogens is 5. The fraction of sp³-hybridized carbons (Fsp3) is 0.615. The monoisotopic (exact) mass is 592 g/mol. The van der Waals surface area contributed by atoms with Crippen LogP contribution in [0.15, 0.2) is 12.4 Å². The van der Waals surface area contributed by atoms with Gasteiger partial charge >= 0.3 is 12.1 Å². The molecule has 0 unspecified atom stereocenters. The summed E-state index contributed by atoms with van der Waals surface area (Å²) in [5.41, 5.74) is -2.65. The molecule has 8 nitrogen and oxygen atoms in total. The van der Waals surface area contributed by atoms with Gasteiger partial charge in [0.05, 0.1) is 35.3 Å². The highest BCUT2D eigenvalue weighted by molar-refractivity contribution is 6.36.